The van der Waals surface area contributed by atoms with Gasteiger partial charge < -0.3 is 9.84 Å². The monoisotopic (exact) mass is 373 g/mol. The molecule has 0 amide bonds. The summed E-state index contributed by atoms with van der Waals surface area (Å²) in [7, 11) is 0. The van der Waals surface area contributed by atoms with E-state index in [0.717, 1.165) is 34.8 Å². The van der Waals surface area contributed by atoms with Gasteiger partial charge in [-0.1, -0.05) is 29.8 Å². The van der Waals surface area contributed by atoms with Crippen molar-refractivity contribution < 1.29 is 9.84 Å². The third-order valence-electron chi connectivity index (χ3n) is 3.74. The van der Waals surface area contributed by atoms with Gasteiger partial charge in [0.1, 0.15) is 11.5 Å². The molecule has 3 nitrogen and oxygen atoms in total. The number of allylic oxidation sites excluding steroid dienone is 3. The molecule has 5 heteroatoms. The first kappa shape index (κ1) is 18.1. The number of nitrogens with one attached hydrogen (secondary N) is 1. The van der Waals surface area contributed by atoms with Crippen LogP contribution in [0.1, 0.15) is 24.5 Å². The van der Waals surface area contributed by atoms with Crippen molar-refractivity contribution in [1.29, 1.82) is 0 Å². The van der Waals surface area contributed by atoms with Crippen molar-refractivity contribution in [3.63, 3.8) is 0 Å². The predicted molar refractivity (Wildman–Crippen MR) is 104 cm³/mol. The van der Waals surface area contributed by atoms with E-state index in [2.05, 4.69) is 16.9 Å². The van der Waals surface area contributed by atoms with Crippen LogP contribution in [0.3, 0.4) is 0 Å². The first-order valence-corrected chi connectivity index (χ1v) is 9.38. The topological polar surface area (TPSA) is 41.5 Å². The fourth-order valence-corrected chi connectivity index (χ4v) is 3.19. The average Bonchev–Trinajstić information content (AvgIpc) is 2.64. The normalized spacial score (nSPS) is 14.9. The Morgan fingerprint density at radius 3 is 2.52 bits per heavy atom. The van der Waals surface area contributed by atoms with Crippen molar-refractivity contribution in [1.82, 2.24) is 4.72 Å². The first-order valence-electron chi connectivity index (χ1n) is 8.18. The standard InChI is InChI=1S/C20H20ClNO2S/c21-16-8-6-15(7-9-16)20(23)14-22-25-19-12-10-18(11-13-19)24-17-4-2-1-3-5-17/h2,4-13,20,22-23H,1,3,14H2. The second-order valence-corrected chi connectivity index (χ2v) is 7.08. The van der Waals surface area contributed by atoms with Gasteiger partial charge in [0.15, 0.2) is 0 Å². The SMILES string of the molecule is OC(CNSc1ccc(OC2=CCCC=C2)cc1)c1ccc(Cl)cc1. The summed E-state index contributed by atoms with van der Waals surface area (Å²) < 4.78 is 9.00. The molecule has 3 rings (SSSR count). The highest BCUT2D eigenvalue weighted by Crippen LogP contribution is 2.23. The van der Waals surface area contributed by atoms with Crippen molar-refractivity contribution in [3.8, 4) is 5.75 Å². The largest absolute Gasteiger partial charge is 0.458 e. The molecule has 0 spiro atoms. The molecule has 1 atom stereocenters. The Hall–Kier alpha value is -1.72. The first-order chi connectivity index (χ1) is 12.2. The lowest BCUT2D eigenvalue weighted by Gasteiger charge is -2.12. The lowest BCUT2D eigenvalue weighted by Crippen LogP contribution is -2.14. The van der Waals surface area contributed by atoms with Crippen LogP contribution in [0.2, 0.25) is 5.02 Å². The van der Waals surface area contributed by atoms with Gasteiger partial charge in [-0.3, -0.25) is 4.72 Å². The number of ether oxygens (including phenoxy) is 1. The van der Waals surface area contributed by atoms with E-state index in [0.29, 0.717) is 11.6 Å². The summed E-state index contributed by atoms with van der Waals surface area (Å²) in [6.45, 7) is 0.447. The van der Waals surface area contributed by atoms with Gasteiger partial charge in [-0.05, 0) is 78.9 Å². The van der Waals surface area contributed by atoms with Gasteiger partial charge in [0.05, 0.1) is 6.10 Å². The van der Waals surface area contributed by atoms with Crippen LogP contribution in [0.25, 0.3) is 0 Å². The van der Waals surface area contributed by atoms with Crippen LogP contribution in [0.15, 0.2) is 77.4 Å². The van der Waals surface area contributed by atoms with Crippen molar-refractivity contribution in [2.75, 3.05) is 6.54 Å². The van der Waals surface area contributed by atoms with Crippen LogP contribution >= 0.6 is 23.5 Å². The van der Waals surface area contributed by atoms with Gasteiger partial charge in [0, 0.05) is 16.5 Å². The maximum atomic E-state index is 10.2. The molecule has 0 heterocycles. The molecule has 2 aromatic carbocycles. The van der Waals surface area contributed by atoms with Crippen molar-refractivity contribution in [2.24, 2.45) is 0 Å². The van der Waals surface area contributed by atoms with E-state index in [-0.39, 0.29) is 0 Å². The molecule has 0 bridgehead atoms. The molecule has 0 fully saturated rings. The van der Waals surface area contributed by atoms with Gasteiger partial charge in [-0.2, -0.15) is 0 Å². The Labute approximate surface area is 157 Å². The lowest BCUT2D eigenvalue weighted by atomic mass is 10.1. The van der Waals surface area contributed by atoms with Crippen molar-refractivity contribution in [2.45, 2.75) is 23.8 Å². The summed E-state index contributed by atoms with van der Waals surface area (Å²) in [5, 5.41) is 10.8. The Bertz CT molecular complexity index is 741. The van der Waals surface area contributed by atoms with E-state index in [1.165, 1.54) is 11.9 Å². The van der Waals surface area contributed by atoms with Crippen molar-refractivity contribution in [3.05, 3.63) is 83.1 Å². The number of hydrogen-bond acceptors (Lipinski definition) is 4. The summed E-state index contributed by atoms with van der Waals surface area (Å²) in [5.74, 6) is 1.72. The Morgan fingerprint density at radius 1 is 1.08 bits per heavy atom. The lowest BCUT2D eigenvalue weighted by molar-refractivity contribution is 0.183. The minimum Gasteiger partial charge on any atom is -0.458 e. The van der Waals surface area contributed by atoms with Gasteiger partial charge >= 0.3 is 0 Å². The highest BCUT2D eigenvalue weighted by atomic mass is 35.5. The smallest absolute Gasteiger partial charge is 0.127 e. The minimum absolute atomic E-state index is 0.447. The molecule has 0 saturated heterocycles. The minimum atomic E-state index is -0.572. The van der Waals surface area contributed by atoms with Crippen LogP contribution in [0.4, 0.5) is 0 Å². The zero-order chi connectivity index (χ0) is 17.5. The van der Waals surface area contributed by atoms with Crippen LogP contribution in [-0.4, -0.2) is 11.7 Å². The third-order valence-corrected chi connectivity index (χ3v) is 4.81. The molecule has 2 N–H and O–H groups in total. The van der Waals surface area contributed by atoms with Crippen LogP contribution in [0.5, 0.6) is 5.75 Å². The number of aliphatic hydroxyl groups excluding tert-OH is 1. The van der Waals surface area contributed by atoms with E-state index in [4.69, 9.17) is 16.3 Å². The Kier molecular flexibility index (Phi) is 6.59. The molecule has 0 radical (unpaired) electrons. The second kappa shape index (κ2) is 9.11. The van der Waals surface area contributed by atoms with Crippen LogP contribution in [-0.2, 0) is 0 Å². The molecular formula is C20H20ClNO2S. The molecule has 0 aliphatic heterocycles. The molecule has 0 aromatic heterocycles. The summed E-state index contributed by atoms with van der Waals surface area (Å²) in [5.41, 5.74) is 0.843. The number of benzene rings is 2. The van der Waals surface area contributed by atoms with Gasteiger partial charge in [0.2, 0.25) is 0 Å². The maximum absolute atomic E-state index is 10.2. The molecule has 130 valence electrons. The second-order valence-electron chi connectivity index (χ2n) is 5.68. The third kappa shape index (κ3) is 5.65. The number of hydrogen-bond donors (Lipinski definition) is 2. The molecule has 1 aliphatic rings. The number of aliphatic hydroxyl groups is 1. The predicted octanol–water partition coefficient (Wildman–Crippen LogP) is 5.28. The summed E-state index contributed by atoms with van der Waals surface area (Å²) >= 11 is 7.34. The summed E-state index contributed by atoms with van der Waals surface area (Å²) in [6, 6.07) is 15.1. The molecule has 1 aliphatic carbocycles. The quantitative estimate of drug-likeness (QED) is 0.647. The number of rotatable bonds is 7. The fraction of sp³-hybridized carbons (Fsp3) is 0.200. The molecule has 1 unspecified atom stereocenters. The van der Waals surface area contributed by atoms with Gasteiger partial charge in [-0.15, -0.1) is 0 Å². The molecule has 0 saturated carbocycles. The Morgan fingerprint density at radius 2 is 1.84 bits per heavy atom. The average molecular weight is 374 g/mol. The van der Waals surface area contributed by atoms with E-state index >= 15 is 0 Å². The number of halogens is 1. The van der Waals surface area contributed by atoms with E-state index < -0.39 is 6.10 Å². The zero-order valence-electron chi connectivity index (χ0n) is 13.7. The highest BCUT2D eigenvalue weighted by Gasteiger charge is 2.07. The summed E-state index contributed by atoms with van der Waals surface area (Å²) in [4.78, 5) is 1.06. The van der Waals surface area contributed by atoms with E-state index in [1.54, 1.807) is 12.1 Å². The molecule has 2 aromatic rings. The van der Waals surface area contributed by atoms with Crippen LogP contribution in [0, 0.1) is 0 Å². The highest BCUT2D eigenvalue weighted by molar-refractivity contribution is 7.97. The van der Waals surface area contributed by atoms with E-state index in [9.17, 15) is 5.11 Å². The Balaban J connectivity index is 1.46. The zero-order valence-corrected chi connectivity index (χ0v) is 15.3. The van der Waals surface area contributed by atoms with Crippen LogP contribution < -0.4 is 9.46 Å². The van der Waals surface area contributed by atoms with Gasteiger partial charge in [-0.25, -0.2) is 0 Å². The molecular weight excluding hydrogens is 354 g/mol. The van der Waals surface area contributed by atoms with E-state index in [1.807, 2.05) is 42.5 Å². The maximum Gasteiger partial charge on any atom is 0.127 e. The van der Waals surface area contributed by atoms with Gasteiger partial charge in [0.25, 0.3) is 0 Å². The van der Waals surface area contributed by atoms with Crippen molar-refractivity contribution >= 4 is 23.5 Å². The summed E-state index contributed by atoms with van der Waals surface area (Å²) in [6.07, 6.45) is 7.76. The fourth-order valence-electron chi connectivity index (χ4n) is 2.38. The molecule has 25 heavy (non-hydrogen) atoms.